The fourth-order valence-corrected chi connectivity index (χ4v) is 4.04. The van der Waals surface area contributed by atoms with Crippen molar-refractivity contribution in [3.63, 3.8) is 0 Å². The standard InChI is InChI=1S/C23H32N6O4/c1-13-17(19-25-20(27-33-19)22(2,3)4)18-24-16(30)12-15(29(18)26-13)14-8-10-28(11-9-14)21(31)32-23(5,6)7/h12,14H,8-11H2,1-7H3,(H,24,30). The van der Waals surface area contributed by atoms with Gasteiger partial charge in [0.15, 0.2) is 5.82 Å². The molecule has 4 rings (SSSR count). The Morgan fingerprint density at radius 1 is 1.18 bits per heavy atom. The summed E-state index contributed by atoms with van der Waals surface area (Å²) < 4.78 is 12.8. The average Bonchev–Trinajstić information content (AvgIpc) is 3.30. The van der Waals surface area contributed by atoms with E-state index in [-0.39, 0.29) is 23.0 Å². The maximum Gasteiger partial charge on any atom is 0.410 e. The van der Waals surface area contributed by atoms with Gasteiger partial charge in [0.05, 0.1) is 11.4 Å². The first-order valence-electron chi connectivity index (χ1n) is 11.3. The van der Waals surface area contributed by atoms with Gasteiger partial charge in [-0.15, -0.1) is 0 Å². The molecule has 0 unspecified atom stereocenters. The van der Waals surface area contributed by atoms with Gasteiger partial charge in [0.25, 0.3) is 11.4 Å². The summed E-state index contributed by atoms with van der Waals surface area (Å²) in [4.78, 5) is 34.2. The van der Waals surface area contributed by atoms with Gasteiger partial charge < -0.3 is 19.1 Å². The number of aromatic nitrogens is 5. The number of aryl methyl sites for hydroxylation is 1. The van der Waals surface area contributed by atoms with Crippen LogP contribution in [-0.2, 0) is 10.2 Å². The van der Waals surface area contributed by atoms with E-state index in [9.17, 15) is 9.59 Å². The molecule has 0 saturated carbocycles. The third-order valence-electron chi connectivity index (χ3n) is 5.70. The highest BCUT2D eigenvalue weighted by atomic mass is 16.6. The van der Waals surface area contributed by atoms with E-state index in [2.05, 4.69) is 15.1 Å². The number of likely N-dealkylation sites (tertiary alicyclic amines) is 1. The Morgan fingerprint density at radius 2 is 1.85 bits per heavy atom. The summed E-state index contributed by atoms with van der Waals surface area (Å²) in [6, 6.07) is 1.59. The van der Waals surface area contributed by atoms with Gasteiger partial charge in [0, 0.05) is 30.5 Å². The molecule has 1 aliphatic rings. The van der Waals surface area contributed by atoms with Crippen molar-refractivity contribution in [2.75, 3.05) is 13.1 Å². The van der Waals surface area contributed by atoms with Crippen LogP contribution in [0.5, 0.6) is 0 Å². The lowest BCUT2D eigenvalue weighted by molar-refractivity contribution is 0.0203. The summed E-state index contributed by atoms with van der Waals surface area (Å²) >= 11 is 0. The average molecular weight is 457 g/mol. The quantitative estimate of drug-likeness (QED) is 0.623. The van der Waals surface area contributed by atoms with Crippen LogP contribution in [0.25, 0.3) is 17.1 Å². The molecule has 178 valence electrons. The molecule has 33 heavy (non-hydrogen) atoms. The van der Waals surface area contributed by atoms with Crippen LogP contribution in [0.2, 0.25) is 0 Å². The second-order valence-corrected chi connectivity index (χ2v) is 10.7. The van der Waals surface area contributed by atoms with Gasteiger partial charge in [-0.2, -0.15) is 10.1 Å². The third-order valence-corrected chi connectivity index (χ3v) is 5.70. The van der Waals surface area contributed by atoms with Crippen molar-refractivity contribution in [2.24, 2.45) is 0 Å². The van der Waals surface area contributed by atoms with Crippen molar-refractivity contribution in [1.29, 1.82) is 0 Å². The zero-order chi connectivity index (χ0) is 24.1. The van der Waals surface area contributed by atoms with Crippen molar-refractivity contribution in [3.05, 3.63) is 33.6 Å². The van der Waals surface area contributed by atoms with Crippen molar-refractivity contribution in [2.45, 2.75) is 78.2 Å². The number of piperidine rings is 1. The first kappa shape index (κ1) is 23.0. The van der Waals surface area contributed by atoms with E-state index in [0.29, 0.717) is 54.6 Å². The molecule has 1 fully saturated rings. The molecule has 4 heterocycles. The maximum atomic E-state index is 12.6. The molecule has 0 radical (unpaired) electrons. The molecule has 1 N–H and O–H groups in total. The molecule has 0 spiro atoms. The van der Waals surface area contributed by atoms with E-state index in [0.717, 1.165) is 5.69 Å². The van der Waals surface area contributed by atoms with E-state index in [1.54, 1.807) is 15.5 Å². The number of H-pyrrole nitrogens is 1. The zero-order valence-corrected chi connectivity index (χ0v) is 20.4. The van der Waals surface area contributed by atoms with Crippen molar-refractivity contribution in [1.82, 2.24) is 29.6 Å². The van der Waals surface area contributed by atoms with Gasteiger partial charge in [-0.1, -0.05) is 25.9 Å². The number of carbonyl (C=O) groups excluding carboxylic acids is 1. The van der Waals surface area contributed by atoms with Gasteiger partial charge in [0.2, 0.25) is 0 Å². The number of rotatable bonds is 2. The van der Waals surface area contributed by atoms with Gasteiger partial charge in [-0.3, -0.25) is 4.79 Å². The Morgan fingerprint density at radius 3 is 2.42 bits per heavy atom. The maximum absolute atomic E-state index is 12.6. The molecule has 3 aromatic rings. The van der Waals surface area contributed by atoms with Crippen LogP contribution in [0.1, 0.15) is 77.5 Å². The van der Waals surface area contributed by atoms with Crippen LogP contribution >= 0.6 is 0 Å². The van der Waals surface area contributed by atoms with Crippen molar-refractivity contribution < 1.29 is 14.1 Å². The van der Waals surface area contributed by atoms with Crippen molar-refractivity contribution >= 4 is 11.7 Å². The predicted octanol–water partition coefficient (Wildman–Crippen LogP) is 3.79. The van der Waals surface area contributed by atoms with E-state index in [1.807, 2.05) is 48.5 Å². The monoisotopic (exact) mass is 456 g/mol. The predicted molar refractivity (Wildman–Crippen MR) is 122 cm³/mol. The largest absolute Gasteiger partial charge is 0.444 e. The van der Waals surface area contributed by atoms with Crippen LogP contribution < -0.4 is 5.56 Å². The smallest absolute Gasteiger partial charge is 0.410 e. The first-order chi connectivity index (χ1) is 15.3. The van der Waals surface area contributed by atoms with Gasteiger partial charge in [-0.05, 0) is 40.5 Å². The minimum Gasteiger partial charge on any atom is -0.444 e. The summed E-state index contributed by atoms with van der Waals surface area (Å²) in [7, 11) is 0. The second kappa shape index (κ2) is 8.00. The number of nitrogens with one attached hydrogen (secondary N) is 1. The Kier molecular flexibility index (Phi) is 5.58. The minimum absolute atomic E-state index is 0.0773. The van der Waals surface area contributed by atoms with Gasteiger partial charge in [-0.25, -0.2) is 9.31 Å². The molecule has 0 bridgehead atoms. The number of aromatic amines is 1. The zero-order valence-electron chi connectivity index (χ0n) is 20.4. The number of carbonyl (C=O) groups is 1. The van der Waals surface area contributed by atoms with E-state index in [4.69, 9.17) is 14.4 Å². The van der Waals surface area contributed by atoms with Crippen LogP contribution in [-0.4, -0.2) is 54.4 Å². The summed E-state index contributed by atoms with van der Waals surface area (Å²) in [5.74, 6) is 0.998. The molecule has 3 aromatic heterocycles. The normalized spacial score (nSPS) is 15.9. The van der Waals surface area contributed by atoms with Gasteiger partial charge >= 0.3 is 6.09 Å². The lowest BCUT2D eigenvalue weighted by Gasteiger charge is -2.33. The Hall–Kier alpha value is -3.17. The third kappa shape index (κ3) is 4.65. The van der Waals surface area contributed by atoms with Crippen molar-refractivity contribution in [3.8, 4) is 11.5 Å². The van der Waals surface area contributed by atoms with Crippen LogP contribution in [0, 0.1) is 6.92 Å². The molecule has 10 nitrogen and oxygen atoms in total. The molecular weight excluding hydrogens is 424 g/mol. The Bertz CT molecular complexity index is 1230. The summed E-state index contributed by atoms with van der Waals surface area (Å²) in [6.07, 6.45) is 1.11. The number of amides is 1. The van der Waals surface area contributed by atoms with Crippen LogP contribution in [0.3, 0.4) is 0 Å². The lowest BCUT2D eigenvalue weighted by atomic mass is 9.93. The highest BCUT2D eigenvalue weighted by Crippen LogP contribution is 2.32. The SMILES string of the molecule is Cc1nn2c(C3CCN(C(=O)OC(C)(C)C)CC3)cc(=O)[nH]c2c1-c1nc(C(C)(C)C)no1. The summed E-state index contributed by atoms with van der Waals surface area (Å²) in [6.45, 7) is 14.6. The minimum atomic E-state index is -0.530. The highest BCUT2D eigenvalue weighted by Gasteiger charge is 2.30. The number of hydrogen-bond acceptors (Lipinski definition) is 7. The molecule has 0 aliphatic carbocycles. The fraction of sp³-hybridized carbons (Fsp3) is 0.609. The molecule has 0 atom stereocenters. The van der Waals surface area contributed by atoms with E-state index >= 15 is 0 Å². The topological polar surface area (TPSA) is 119 Å². The molecular formula is C23H32N6O4. The van der Waals surface area contributed by atoms with E-state index in [1.165, 1.54) is 0 Å². The van der Waals surface area contributed by atoms with Gasteiger partial charge in [0.1, 0.15) is 16.8 Å². The van der Waals surface area contributed by atoms with Crippen LogP contribution in [0.15, 0.2) is 15.4 Å². The summed E-state index contributed by atoms with van der Waals surface area (Å²) in [5.41, 5.74) is 1.65. The van der Waals surface area contributed by atoms with Crippen LogP contribution in [0.4, 0.5) is 4.79 Å². The molecule has 1 saturated heterocycles. The molecule has 0 aromatic carbocycles. The Labute approximate surface area is 192 Å². The molecule has 1 aliphatic heterocycles. The Balaban J connectivity index is 1.64. The number of nitrogens with zero attached hydrogens (tertiary/aromatic N) is 5. The number of ether oxygens (including phenoxy) is 1. The summed E-state index contributed by atoms with van der Waals surface area (Å²) in [5, 5.41) is 8.80. The molecule has 10 heteroatoms. The fourth-order valence-electron chi connectivity index (χ4n) is 4.04. The van der Waals surface area contributed by atoms with E-state index < -0.39 is 5.60 Å². The highest BCUT2D eigenvalue weighted by molar-refractivity contribution is 5.74. The lowest BCUT2D eigenvalue weighted by Crippen LogP contribution is -2.41. The first-order valence-corrected chi connectivity index (χ1v) is 11.3. The molecule has 1 amide bonds. The number of hydrogen-bond donors (Lipinski definition) is 1. The number of fused-ring (bicyclic) bond motifs is 1. The second-order valence-electron chi connectivity index (χ2n) is 10.7.